The van der Waals surface area contributed by atoms with Crippen LogP contribution in [0.25, 0.3) is 10.8 Å². The quantitative estimate of drug-likeness (QED) is 0.530. The average Bonchev–Trinajstić information content (AvgIpc) is 2.81. The molecule has 1 aliphatic rings. The largest absolute Gasteiger partial charge is 0.437 e. The Morgan fingerprint density at radius 2 is 1.52 bits per heavy atom. The average molecular weight is 415 g/mol. The second-order valence-electron chi connectivity index (χ2n) is 7.45. The van der Waals surface area contributed by atoms with Crippen molar-refractivity contribution in [2.45, 2.75) is 0 Å². The summed E-state index contributed by atoms with van der Waals surface area (Å²) in [5, 5.41) is 2.22. The Bertz CT molecular complexity index is 1220. The van der Waals surface area contributed by atoms with Gasteiger partial charge in [-0.05, 0) is 35.0 Å². The van der Waals surface area contributed by atoms with Crippen molar-refractivity contribution in [3.63, 3.8) is 0 Å². The van der Waals surface area contributed by atoms with Crippen LogP contribution in [0.2, 0.25) is 0 Å². The number of hydrogen-bond donors (Lipinski definition) is 1. The lowest BCUT2D eigenvalue weighted by Gasteiger charge is -2.37. The third-order valence-corrected chi connectivity index (χ3v) is 5.53. The molecule has 3 aromatic carbocycles. The summed E-state index contributed by atoms with van der Waals surface area (Å²) >= 11 is 0. The summed E-state index contributed by atoms with van der Waals surface area (Å²) in [5.41, 5.74) is 7.40. The molecule has 0 bridgehead atoms. The van der Waals surface area contributed by atoms with E-state index in [0.717, 1.165) is 10.8 Å². The Labute approximate surface area is 179 Å². The third-order valence-electron chi connectivity index (χ3n) is 5.53. The van der Waals surface area contributed by atoms with Gasteiger partial charge in [-0.3, -0.25) is 0 Å². The second-order valence-corrected chi connectivity index (χ2v) is 7.45. The number of nitrogen functional groups attached to an aromatic ring is 1. The Balaban J connectivity index is 1.33. The van der Waals surface area contributed by atoms with Crippen molar-refractivity contribution in [3.05, 3.63) is 78.9 Å². The molecule has 0 spiro atoms. The summed E-state index contributed by atoms with van der Waals surface area (Å²) in [6.45, 7) is 2.69. The van der Waals surface area contributed by atoms with Crippen LogP contribution >= 0.6 is 0 Å². The van der Waals surface area contributed by atoms with Gasteiger partial charge < -0.3 is 20.3 Å². The first kappa shape index (κ1) is 19.1. The van der Waals surface area contributed by atoms with Crippen molar-refractivity contribution < 1.29 is 9.13 Å². The fourth-order valence-electron chi connectivity index (χ4n) is 3.91. The lowest BCUT2D eigenvalue weighted by molar-refractivity contribution is 0.464. The van der Waals surface area contributed by atoms with Crippen LogP contribution in [-0.2, 0) is 0 Å². The van der Waals surface area contributed by atoms with Crippen LogP contribution in [0.5, 0.6) is 11.6 Å². The second kappa shape index (κ2) is 8.10. The molecule has 156 valence electrons. The molecular weight excluding hydrogens is 393 g/mol. The zero-order chi connectivity index (χ0) is 21.2. The number of anilines is 3. The number of ether oxygens (including phenoxy) is 1. The molecule has 0 aliphatic carbocycles. The molecular formula is C24H22FN5O. The van der Waals surface area contributed by atoms with E-state index in [2.05, 4.69) is 20.9 Å². The van der Waals surface area contributed by atoms with Crippen LogP contribution in [0.4, 0.5) is 21.6 Å². The van der Waals surface area contributed by atoms with Gasteiger partial charge in [0.2, 0.25) is 5.88 Å². The van der Waals surface area contributed by atoms with Crippen molar-refractivity contribution in [1.29, 1.82) is 0 Å². The number of para-hydroxylation sites is 1. The van der Waals surface area contributed by atoms with Crippen LogP contribution in [-0.4, -0.2) is 36.1 Å². The minimum absolute atomic E-state index is 0.205. The SMILES string of the molecule is Nc1c(Oc2ccc3ccccc3c2)ncnc1N1CCN(c2ccccc2F)CC1. The van der Waals surface area contributed by atoms with Gasteiger partial charge in [0.15, 0.2) is 5.82 Å². The molecule has 4 aromatic rings. The molecule has 7 heteroatoms. The number of rotatable bonds is 4. The summed E-state index contributed by atoms with van der Waals surface area (Å²) in [4.78, 5) is 12.7. The van der Waals surface area contributed by atoms with E-state index in [4.69, 9.17) is 10.5 Å². The first-order valence-electron chi connectivity index (χ1n) is 10.2. The fourth-order valence-corrected chi connectivity index (χ4v) is 3.91. The van der Waals surface area contributed by atoms with Gasteiger partial charge in [-0.1, -0.05) is 42.5 Å². The van der Waals surface area contributed by atoms with Gasteiger partial charge in [0.25, 0.3) is 0 Å². The van der Waals surface area contributed by atoms with Crippen LogP contribution < -0.4 is 20.3 Å². The van der Waals surface area contributed by atoms with Crippen LogP contribution in [0.15, 0.2) is 73.1 Å². The molecule has 1 fully saturated rings. The zero-order valence-electron chi connectivity index (χ0n) is 16.9. The van der Waals surface area contributed by atoms with Gasteiger partial charge in [-0.15, -0.1) is 0 Å². The predicted octanol–water partition coefficient (Wildman–Crippen LogP) is 4.47. The number of benzene rings is 3. The minimum atomic E-state index is -0.205. The highest BCUT2D eigenvalue weighted by atomic mass is 19.1. The highest BCUT2D eigenvalue weighted by Gasteiger charge is 2.23. The number of nitrogens with zero attached hydrogens (tertiary/aromatic N) is 4. The normalized spacial score (nSPS) is 14.1. The van der Waals surface area contributed by atoms with Crippen LogP contribution in [0, 0.1) is 5.82 Å². The van der Waals surface area contributed by atoms with E-state index in [-0.39, 0.29) is 5.82 Å². The molecule has 1 saturated heterocycles. The number of hydrogen-bond acceptors (Lipinski definition) is 6. The predicted molar refractivity (Wildman–Crippen MR) is 121 cm³/mol. The molecule has 1 aromatic heterocycles. The molecule has 31 heavy (non-hydrogen) atoms. The lowest BCUT2D eigenvalue weighted by Crippen LogP contribution is -2.47. The topological polar surface area (TPSA) is 67.5 Å². The molecule has 0 radical (unpaired) electrons. The first-order chi connectivity index (χ1) is 15.2. The Morgan fingerprint density at radius 3 is 2.32 bits per heavy atom. The summed E-state index contributed by atoms with van der Waals surface area (Å²) in [5.74, 6) is 1.43. The summed E-state index contributed by atoms with van der Waals surface area (Å²) in [6, 6.07) is 20.8. The summed E-state index contributed by atoms with van der Waals surface area (Å²) < 4.78 is 20.1. The number of fused-ring (bicyclic) bond motifs is 1. The molecule has 6 nitrogen and oxygen atoms in total. The maximum absolute atomic E-state index is 14.1. The minimum Gasteiger partial charge on any atom is -0.437 e. The van der Waals surface area contributed by atoms with E-state index in [1.54, 1.807) is 12.1 Å². The molecule has 0 saturated carbocycles. The van der Waals surface area contributed by atoms with E-state index in [9.17, 15) is 4.39 Å². The van der Waals surface area contributed by atoms with E-state index in [0.29, 0.717) is 55.0 Å². The van der Waals surface area contributed by atoms with E-state index < -0.39 is 0 Å². The lowest BCUT2D eigenvalue weighted by atomic mass is 10.1. The van der Waals surface area contributed by atoms with Gasteiger partial charge in [-0.25, -0.2) is 9.37 Å². The standard InChI is InChI=1S/C24H22FN5O/c25-20-7-3-4-8-21(20)29-11-13-30(14-12-29)23-22(26)24(28-16-27-23)31-19-10-9-17-5-1-2-6-18(17)15-19/h1-10,15-16H,11-14,26H2. The van der Waals surface area contributed by atoms with Crippen molar-refractivity contribution in [1.82, 2.24) is 9.97 Å². The van der Waals surface area contributed by atoms with Gasteiger partial charge in [-0.2, -0.15) is 4.98 Å². The molecule has 2 N–H and O–H groups in total. The number of piperazine rings is 1. The zero-order valence-corrected chi connectivity index (χ0v) is 16.9. The van der Waals surface area contributed by atoms with Crippen molar-refractivity contribution in [2.75, 3.05) is 41.7 Å². The highest BCUT2D eigenvalue weighted by molar-refractivity contribution is 5.84. The van der Waals surface area contributed by atoms with Crippen molar-refractivity contribution in [2.24, 2.45) is 0 Å². The van der Waals surface area contributed by atoms with Gasteiger partial charge >= 0.3 is 0 Å². The first-order valence-corrected chi connectivity index (χ1v) is 10.2. The number of aromatic nitrogens is 2. The Kier molecular flexibility index (Phi) is 5.00. The van der Waals surface area contributed by atoms with Crippen molar-refractivity contribution >= 4 is 28.0 Å². The summed E-state index contributed by atoms with van der Waals surface area (Å²) in [6.07, 6.45) is 1.46. The Hall–Kier alpha value is -3.87. The maximum atomic E-state index is 14.1. The molecule has 0 unspecified atom stereocenters. The molecule has 5 rings (SSSR count). The summed E-state index contributed by atoms with van der Waals surface area (Å²) in [7, 11) is 0. The van der Waals surface area contributed by atoms with Crippen LogP contribution in [0.3, 0.4) is 0 Å². The fraction of sp³-hybridized carbons (Fsp3) is 0.167. The molecule has 0 atom stereocenters. The maximum Gasteiger partial charge on any atom is 0.248 e. The number of nitrogens with two attached hydrogens (primary N) is 1. The smallest absolute Gasteiger partial charge is 0.248 e. The Morgan fingerprint density at radius 1 is 0.806 bits per heavy atom. The van der Waals surface area contributed by atoms with Gasteiger partial charge in [0.1, 0.15) is 23.6 Å². The van der Waals surface area contributed by atoms with Gasteiger partial charge in [0, 0.05) is 26.2 Å². The van der Waals surface area contributed by atoms with Crippen molar-refractivity contribution in [3.8, 4) is 11.6 Å². The molecule has 1 aliphatic heterocycles. The third kappa shape index (κ3) is 3.82. The number of halogens is 1. The van der Waals surface area contributed by atoms with Crippen LogP contribution in [0.1, 0.15) is 0 Å². The monoisotopic (exact) mass is 415 g/mol. The van der Waals surface area contributed by atoms with E-state index in [1.807, 2.05) is 47.4 Å². The molecule has 2 heterocycles. The van der Waals surface area contributed by atoms with E-state index >= 15 is 0 Å². The van der Waals surface area contributed by atoms with E-state index in [1.165, 1.54) is 12.4 Å². The molecule has 0 amide bonds. The highest BCUT2D eigenvalue weighted by Crippen LogP contribution is 2.33. The van der Waals surface area contributed by atoms with Gasteiger partial charge in [0.05, 0.1) is 5.69 Å².